The summed E-state index contributed by atoms with van der Waals surface area (Å²) in [7, 11) is 0. The molecular formula is C22H23ClN2O4. The molecule has 0 unspecified atom stereocenters. The first-order valence-corrected chi connectivity index (χ1v) is 10.2. The number of carbonyl (C=O) groups excluding carboxylic acids is 2. The standard InChI is InChI=1S/C22H23ClN2O4/c23-17-10-16(19(26)11-20(17)27)22(29)25-12-14-6-2-1-5-13(14)9-18(25)21(28)24-15-7-3-4-8-15/h1-2,5-6,10-11,15,18,26-27H,3-4,7-9,12H2,(H,24,28)/t18-/m1/s1. The number of hydrogen-bond acceptors (Lipinski definition) is 4. The molecule has 4 rings (SSSR count). The van der Waals surface area contributed by atoms with Gasteiger partial charge in [0.2, 0.25) is 5.91 Å². The van der Waals surface area contributed by atoms with Crippen molar-refractivity contribution in [3.63, 3.8) is 0 Å². The van der Waals surface area contributed by atoms with Crippen LogP contribution in [0.15, 0.2) is 36.4 Å². The molecule has 7 heteroatoms. The minimum absolute atomic E-state index is 0.0319. The maximum absolute atomic E-state index is 13.3. The molecule has 0 bridgehead atoms. The fourth-order valence-electron chi connectivity index (χ4n) is 4.22. The van der Waals surface area contributed by atoms with Gasteiger partial charge in [0.05, 0.1) is 10.6 Å². The minimum Gasteiger partial charge on any atom is -0.507 e. The van der Waals surface area contributed by atoms with Crippen molar-refractivity contribution in [3.8, 4) is 11.5 Å². The lowest BCUT2D eigenvalue weighted by molar-refractivity contribution is -0.126. The van der Waals surface area contributed by atoms with Crippen LogP contribution < -0.4 is 5.32 Å². The zero-order valence-electron chi connectivity index (χ0n) is 15.9. The fourth-order valence-corrected chi connectivity index (χ4v) is 4.38. The highest BCUT2D eigenvalue weighted by Crippen LogP contribution is 2.34. The molecule has 152 valence electrons. The first-order valence-electron chi connectivity index (χ1n) is 9.83. The molecule has 0 aromatic heterocycles. The lowest BCUT2D eigenvalue weighted by Crippen LogP contribution is -2.54. The third-order valence-corrected chi connectivity index (χ3v) is 6.11. The van der Waals surface area contributed by atoms with E-state index in [0.29, 0.717) is 6.42 Å². The third-order valence-electron chi connectivity index (χ3n) is 5.81. The second kappa shape index (κ2) is 7.95. The number of nitrogens with zero attached hydrogens (tertiary/aromatic N) is 1. The van der Waals surface area contributed by atoms with E-state index in [4.69, 9.17) is 11.6 Å². The van der Waals surface area contributed by atoms with E-state index in [-0.39, 0.29) is 40.6 Å². The molecule has 1 aliphatic heterocycles. The number of hydrogen-bond donors (Lipinski definition) is 3. The number of fused-ring (bicyclic) bond motifs is 1. The smallest absolute Gasteiger partial charge is 0.258 e. The number of aromatic hydroxyl groups is 2. The summed E-state index contributed by atoms with van der Waals surface area (Å²) in [4.78, 5) is 27.9. The SMILES string of the molecule is O=C(NC1CCCC1)[C@H]1Cc2ccccc2CN1C(=O)c1cc(Cl)c(O)cc1O. The summed E-state index contributed by atoms with van der Waals surface area (Å²) in [6, 6.07) is 9.48. The number of rotatable bonds is 3. The fraction of sp³-hybridized carbons (Fsp3) is 0.364. The minimum atomic E-state index is -0.676. The summed E-state index contributed by atoms with van der Waals surface area (Å²) < 4.78 is 0. The van der Waals surface area contributed by atoms with Crippen molar-refractivity contribution in [3.05, 3.63) is 58.1 Å². The van der Waals surface area contributed by atoms with Crippen LogP contribution in [-0.2, 0) is 17.8 Å². The number of phenols is 2. The molecule has 6 nitrogen and oxygen atoms in total. The Hall–Kier alpha value is -2.73. The van der Waals surface area contributed by atoms with E-state index in [1.807, 2.05) is 24.3 Å². The van der Waals surface area contributed by atoms with Gasteiger partial charge in [0.25, 0.3) is 5.91 Å². The van der Waals surface area contributed by atoms with Crippen molar-refractivity contribution in [2.45, 2.75) is 50.7 Å². The predicted molar refractivity (Wildman–Crippen MR) is 109 cm³/mol. The van der Waals surface area contributed by atoms with Crippen molar-refractivity contribution in [2.24, 2.45) is 0 Å². The predicted octanol–water partition coefficient (Wildman–Crippen LogP) is 3.38. The molecule has 0 saturated heterocycles. The summed E-state index contributed by atoms with van der Waals surface area (Å²) in [6.07, 6.45) is 4.52. The number of benzene rings is 2. The summed E-state index contributed by atoms with van der Waals surface area (Å²) in [5.74, 6) is -1.35. The first-order chi connectivity index (χ1) is 13.9. The normalized spacial score (nSPS) is 19.1. The Labute approximate surface area is 174 Å². The Bertz CT molecular complexity index is 956. The highest BCUT2D eigenvalue weighted by Gasteiger charge is 2.37. The van der Waals surface area contributed by atoms with Gasteiger partial charge >= 0.3 is 0 Å². The average molecular weight is 415 g/mol. The van der Waals surface area contributed by atoms with Gasteiger partial charge in [-0.2, -0.15) is 0 Å². The number of phenolic OH excluding ortho intramolecular Hbond substituents is 2. The van der Waals surface area contributed by atoms with Crippen LogP contribution in [0.5, 0.6) is 11.5 Å². The highest BCUT2D eigenvalue weighted by molar-refractivity contribution is 6.32. The Morgan fingerprint density at radius 3 is 2.45 bits per heavy atom. The molecule has 1 aliphatic carbocycles. The van der Waals surface area contributed by atoms with Crippen LogP contribution >= 0.6 is 11.6 Å². The van der Waals surface area contributed by atoms with Crippen LogP contribution in [-0.4, -0.2) is 39.0 Å². The molecule has 1 saturated carbocycles. The quantitative estimate of drug-likeness (QED) is 0.718. The van der Waals surface area contributed by atoms with E-state index < -0.39 is 11.9 Å². The van der Waals surface area contributed by atoms with Crippen LogP contribution in [0.4, 0.5) is 0 Å². The molecule has 2 aromatic rings. The summed E-state index contributed by atoms with van der Waals surface area (Å²) >= 11 is 5.95. The van der Waals surface area contributed by atoms with Gasteiger partial charge in [-0.15, -0.1) is 0 Å². The second-order valence-electron chi connectivity index (χ2n) is 7.73. The number of halogens is 1. The molecule has 1 heterocycles. The van der Waals surface area contributed by atoms with Gasteiger partial charge in [-0.25, -0.2) is 0 Å². The molecule has 3 N–H and O–H groups in total. The molecule has 0 spiro atoms. The van der Waals surface area contributed by atoms with Crippen LogP contribution in [0.2, 0.25) is 5.02 Å². The Morgan fingerprint density at radius 2 is 1.72 bits per heavy atom. The first kappa shape index (κ1) is 19.6. The lowest BCUT2D eigenvalue weighted by atomic mass is 9.92. The Morgan fingerprint density at radius 1 is 1.03 bits per heavy atom. The van der Waals surface area contributed by atoms with E-state index in [0.717, 1.165) is 42.9 Å². The lowest BCUT2D eigenvalue weighted by Gasteiger charge is -2.36. The zero-order chi connectivity index (χ0) is 20.5. The molecule has 0 radical (unpaired) electrons. The second-order valence-corrected chi connectivity index (χ2v) is 8.14. The van der Waals surface area contributed by atoms with E-state index >= 15 is 0 Å². The zero-order valence-corrected chi connectivity index (χ0v) is 16.7. The Balaban J connectivity index is 1.66. The maximum Gasteiger partial charge on any atom is 0.258 e. The van der Waals surface area contributed by atoms with Crippen LogP contribution in [0.25, 0.3) is 0 Å². The van der Waals surface area contributed by atoms with Gasteiger partial charge in [-0.1, -0.05) is 48.7 Å². The van der Waals surface area contributed by atoms with Crippen molar-refractivity contribution in [1.82, 2.24) is 10.2 Å². The monoisotopic (exact) mass is 414 g/mol. The van der Waals surface area contributed by atoms with Gasteiger partial charge in [0.15, 0.2) is 0 Å². The topological polar surface area (TPSA) is 89.9 Å². The summed E-state index contributed by atoms with van der Waals surface area (Å²) in [5, 5.41) is 22.9. The average Bonchev–Trinajstić information content (AvgIpc) is 3.22. The number of carbonyl (C=O) groups is 2. The van der Waals surface area contributed by atoms with Crippen molar-refractivity contribution >= 4 is 23.4 Å². The third kappa shape index (κ3) is 3.90. The maximum atomic E-state index is 13.3. The van der Waals surface area contributed by atoms with Crippen molar-refractivity contribution in [2.75, 3.05) is 0 Å². The molecular weight excluding hydrogens is 392 g/mol. The Kier molecular flexibility index (Phi) is 5.37. The molecule has 1 fully saturated rings. The molecule has 29 heavy (non-hydrogen) atoms. The molecule has 2 aliphatic rings. The van der Waals surface area contributed by atoms with Gasteiger partial charge in [-0.05, 0) is 30.0 Å². The van der Waals surface area contributed by atoms with Crippen LogP contribution in [0, 0.1) is 0 Å². The molecule has 1 atom stereocenters. The number of nitrogens with one attached hydrogen (secondary N) is 1. The molecule has 2 amide bonds. The summed E-state index contributed by atoms with van der Waals surface area (Å²) in [5.41, 5.74) is 1.97. The van der Waals surface area contributed by atoms with Crippen LogP contribution in [0.3, 0.4) is 0 Å². The van der Waals surface area contributed by atoms with Gasteiger partial charge in [0, 0.05) is 25.1 Å². The van der Waals surface area contributed by atoms with Gasteiger partial charge in [0.1, 0.15) is 17.5 Å². The molecule has 2 aromatic carbocycles. The van der Waals surface area contributed by atoms with Crippen molar-refractivity contribution in [1.29, 1.82) is 0 Å². The van der Waals surface area contributed by atoms with E-state index in [2.05, 4.69) is 5.32 Å². The van der Waals surface area contributed by atoms with Crippen LogP contribution in [0.1, 0.15) is 47.2 Å². The summed E-state index contributed by atoms with van der Waals surface area (Å²) in [6.45, 7) is 0.260. The number of amides is 2. The van der Waals surface area contributed by atoms with Gasteiger partial charge in [-0.3, -0.25) is 9.59 Å². The van der Waals surface area contributed by atoms with E-state index in [1.165, 1.54) is 11.0 Å². The van der Waals surface area contributed by atoms with Gasteiger partial charge < -0.3 is 20.4 Å². The largest absolute Gasteiger partial charge is 0.507 e. The van der Waals surface area contributed by atoms with E-state index in [1.54, 1.807) is 0 Å². The van der Waals surface area contributed by atoms with Crippen molar-refractivity contribution < 1.29 is 19.8 Å². The van der Waals surface area contributed by atoms with E-state index in [9.17, 15) is 19.8 Å². The highest BCUT2D eigenvalue weighted by atomic mass is 35.5.